The molecule has 1 fully saturated rings. The summed E-state index contributed by atoms with van der Waals surface area (Å²) in [7, 11) is 0. The van der Waals surface area contributed by atoms with Crippen LogP contribution >= 0.6 is 0 Å². The Morgan fingerprint density at radius 3 is 2.31 bits per heavy atom. The molecule has 0 aliphatic carbocycles. The number of hydrogen-bond acceptors (Lipinski definition) is 8. The molecule has 39 heavy (non-hydrogen) atoms. The molecule has 2 N–H and O–H groups in total. The summed E-state index contributed by atoms with van der Waals surface area (Å²) in [5.74, 6) is -2.99. The highest BCUT2D eigenvalue weighted by molar-refractivity contribution is 5.73. The van der Waals surface area contributed by atoms with Crippen molar-refractivity contribution in [1.29, 1.82) is 0 Å². The summed E-state index contributed by atoms with van der Waals surface area (Å²) in [5.41, 5.74) is 2.60. The number of aromatic nitrogens is 3. The number of rotatable bonds is 5. The van der Waals surface area contributed by atoms with E-state index >= 15 is 0 Å². The molecule has 14 heteroatoms. The molecule has 0 amide bonds. The Morgan fingerprint density at radius 2 is 1.69 bits per heavy atom. The molecule has 0 radical (unpaired) electrons. The van der Waals surface area contributed by atoms with Crippen LogP contribution < -0.4 is 10.2 Å². The molecule has 2 aromatic heterocycles. The Hall–Kier alpha value is -4.59. The number of carbonyl (C=O) groups is 1. The molecule has 0 saturated carbocycles. The molecule has 0 spiro atoms. The van der Waals surface area contributed by atoms with Crippen molar-refractivity contribution in [3.05, 3.63) is 72.9 Å². The van der Waals surface area contributed by atoms with E-state index < -0.39 is 23.8 Å². The van der Waals surface area contributed by atoms with Gasteiger partial charge in [0.25, 0.3) is 0 Å². The van der Waals surface area contributed by atoms with Crippen LogP contribution in [0, 0.1) is 11.6 Å². The second-order valence-electron chi connectivity index (χ2n) is 8.06. The highest BCUT2D eigenvalue weighted by Gasteiger charge is 2.38. The van der Waals surface area contributed by atoms with Gasteiger partial charge in [-0.15, -0.1) is 0 Å². The summed E-state index contributed by atoms with van der Waals surface area (Å²) in [4.78, 5) is 23.1. The molecule has 0 unspecified atom stereocenters. The van der Waals surface area contributed by atoms with Crippen molar-refractivity contribution in [1.82, 2.24) is 15.0 Å². The van der Waals surface area contributed by atoms with E-state index in [-0.39, 0.29) is 11.6 Å². The van der Waals surface area contributed by atoms with Crippen LogP contribution in [0.25, 0.3) is 22.6 Å². The Bertz CT molecular complexity index is 1410. The molecular weight excluding hydrogens is 529 g/mol. The fourth-order valence-corrected chi connectivity index (χ4v) is 3.55. The van der Waals surface area contributed by atoms with E-state index in [1.807, 2.05) is 29.2 Å². The smallest absolute Gasteiger partial charge is 0.475 e. The fraction of sp³-hybridized carbons (Fsp3) is 0.200. The van der Waals surface area contributed by atoms with Crippen molar-refractivity contribution >= 4 is 23.3 Å². The maximum Gasteiger partial charge on any atom is 0.490 e. The standard InChI is InChI=1S/C23H19F2N5O2.C2HF3O2/c24-17-9-16(10-19(11-17)30-5-7-31-8-6-30)22-20(25)12-27-23(29-22)28-18-3-1-15(2-4-18)21-13-26-14-32-21;3-2(4,5)1(6)7/h1-4,9-14H,5-8H2,(H,27,28,29);(H,6,7). The van der Waals surface area contributed by atoms with Gasteiger partial charge in [0.2, 0.25) is 5.95 Å². The van der Waals surface area contributed by atoms with E-state index in [0.717, 1.165) is 11.8 Å². The Labute approximate surface area is 217 Å². The topological polar surface area (TPSA) is 114 Å². The molecule has 1 aliphatic rings. The first kappa shape index (κ1) is 27.4. The summed E-state index contributed by atoms with van der Waals surface area (Å²) >= 11 is 0. The number of oxazole rings is 1. The van der Waals surface area contributed by atoms with E-state index in [0.29, 0.717) is 49.0 Å². The van der Waals surface area contributed by atoms with Crippen molar-refractivity contribution in [2.24, 2.45) is 0 Å². The fourth-order valence-electron chi connectivity index (χ4n) is 3.55. The lowest BCUT2D eigenvalue weighted by atomic mass is 10.1. The van der Waals surface area contributed by atoms with Gasteiger partial charge in [-0.2, -0.15) is 13.2 Å². The van der Waals surface area contributed by atoms with Crippen molar-refractivity contribution in [3.63, 3.8) is 0 Å². The van der Waals surface area contributed by atoms with Crippen LogP contribution in [0.15, 0.2) is 65.7 Å². The van der Waals surface area contributed by atoms with Gasteiger partial charge in [-0.1, -0.05) is 0 Å². The van der Waals surface area contributed by atoms with E-state index in [1.165, 1.54) is 18.5 Å². The average molecular weight is 549 g/mol. The van der Waals surface area contributed by atoms with E-state index in [4.69, 9.17) is 19.1 Å². The SMILES string of the molecule is Fc1cc(-c2nc(Nc3ccc(-c4cnco4)cc3)ncc2F)cc(N2CCOCC2)c1.O=C(O)C(F)(F)F. The predicted molar refractivity (Wildman–Crippen MR) is 129 cm³/mol. The summed E-state index contributed by atoms with van der Waals surface area (Å²) in [5, 5.41) is 10.2. The summed E-state index contributed by atoms with van der Waals surface area (Å²) < 4.78 is 71.3. The molecule has 204 valence electrons. The number of hydrogen-bond donors (Lipinski definition) is 2. The molecule has 3 heterocycles. The van der Waals surface area contributed by atoms with Gasteiger partial charge in [-0.05, 0) is 42.5 Å². The average Bonchev–Trinajstić information content (AvgIpc) is 3.45. The number of ether oxygens (including phenoxy) is 1. The van der Waals surface area contributed by atoms with Crippen LogP contribution in [0.1, 0.15) is 0 Å². The Morgan fingerprint density at radius 1 is 1.00 bits per heavy atom. The van der Waals surface area contributed by atoms with E-state index in [1.54, 1.807) is 12.3 Å². The van der Waals surface area contributed by atoms with Crippen molar-refractivity contribution < 1.29 is 41.0 Å². The van der Waals surface area contributed by atoms with Crippen molar-refractivity contribution in [3.8, 4) is 22.6 Å². The van der Waals surface area contributed by atoms with Crippen LogP contribution in [-0.2, 0) is 9.53 Å². The second kappa shape index (κ2) is 11.9. The number of alkyl halides is 3. The maximum absolute atomic E-state index is 14.6. The van der Waals surface area contributed by atoms with Crippen molar-refractivity contribution in [2.45, 2.75) is 6.18 Å². The quantitative estimate of drug-likeness (QED) is 0.321. The first-order valence-corrected chi connectivity index (χ1v) is 11.3. The number of nitrogens with one attached hydrogen (secondary N) is 1. The predicted octanol–water partition coefficient (Wildman–Crippen LogP) is 5.29. The van der Waals surface area contributed by atoms with E-state index in [2.05, 4.69) is 20.3 Å². The Balaban J connectivity index is 0.000000448. The first-order valence-electron chi connectivity index (χ1n) is 11.3. The minimum Gasteiger partial charge on any atom is -0.475 e. The molecular formula is C25H20F5N5O4. The lowest BCUT2D eigenvalue weighted by molar-refractivity contribution is -0.192. The summed E-state index contributed by atoms with van der Waals surface area (Å²) in [6.45, 7) is 2.42. The summed E-state index contributed by atoms with van der Waals surface area (Å²) in [6, 6.07) is 11.8. The number of halogens is 5. The van der Waals surface area contributed by atoms with Gasteiger partial charge < -0.3 is 24.5 Å². The molecule has 1 aliphatic heterocycles. The first-order chi connectivity index (χ1) is 18.6. The lowest BCUT2D eigenvalue weighted by Gasteiger charge is -2.29. The number of anilines is 3. The van der Waals surface area contributed by atoms with Gasteiger partial charge in [-0.25, -0.2) is 28.5 Å². The molecule has 5 rings (SSSR count). The molecule has 0 atom stereocenters. The van der Waals surface area contributed by atoms with Crippen molar-refractivity contribution in [2.75, 3.05) is 36.5 Å². The third kappa shape index (κ3) is 7.25. The highest BCUT2D eigenvalue weighted by atomic mass is 19.4. The molecule has 2 aromatic carbocycles. The highest BCUT2D eigenvalue weighted by Crippen LogP contribution is 2.29. The van der Waals surface area contributed by atoms with Crippen LogP contribution in [-0.4, -0.2) is 58.5 Å². The van der Waals surface area contributed by atoms with Gasteiger partial charge in [0.1, 0.15) is 11.5 Å². The number of aliphatic carboxylic acids is 1. The minimum atomic E-state index is -5.08. The van der Waals surface area contributed by atoms with E-state index in [9.17, 15) is 22.0 Å². The van der Waals surface area contributed by atoms with Crippen LogP contribution in [0.5, 0.6) is 0 Å². The second-order valence-corrected chi connectivity index (χ2v) is 8.06. The number of morpholine rings is 1. The largest absolute Gasteiger partial charge is 0.490 e. The molecule has 4 aromatic rings. The Kier molecular flexibility index (Phi) is 8.34. The number of nitrogens with zero attached hydrogens (tertiary/aromatic N) is 4. The zero-order chi connectivity index (χ0) is 28.0. The normalized spacial score (nSPS) is 13.4. The minimum absolute atomic E-state index is 0.0230. The van der Waals surface area contributed by atoms with Gasteiger partial charge in [0.05, 0.1) is 25.6 Å². The monoisotopic (exact) mass is 549 g/mol. The lowest BCUT2D eigenvalue weighted by Crippen LogP contribution is -2.36. The third-order valence-electron chi connectivity index (χ3n) is 5.38. The third-order valence-corrected chi connectivity index (χ3v) is 5.38. The zero-order valence-electron chi connectivity index (χ0n) is 20.0. The number of carboxylic acids is 1. The maximum atomic E-state index is 14.6. The van der Waals surface area contributed by atoms with Crippen LogP contribution in [0.3, 0.4) is 0 Å². The number of benzene rings is 2. The number of carboxylic acid groups (broad SMARTS) is 1. The van der Waals surface area contributed by atoms with Gasteiger partial charge in [-0.3, -0.25) is 0 Å². The summed E-state index contributed by atoms with van der Waals surface area (Å²) in [6.07, 6.45) is -1.01. The van der Waals surface area contributed by atoms with Crippen LogP contribution in [0.2, 0.25) is 0 Å². The molecule has 9 nitrogen and oxygen atoms in total. The van der Waals surface area contributed by atoms with Gasteiger partial charge in [0.15, 0.2) is 18.0 Å². The van der Waals surface area contributed by atoms with Gasteiger partial charge in [0, 0.05) is 35.6 Å². The zero-order valence-corrected chi connectivity index (χ0v) is 20.0. The van der Waals surface area contributed by atoms with Gasteiger partial charge >= 0.3 is 12.1 Å². The molecule has 0 bridgehead atoms. The molecule has 1 saturated heterocycles. The van der Waals surface area contributed by atoms with Crippen LogP contribution in [0.4, 0.5) is 39.3 Å².